The Kier molecular flexibility index (Phi) is 6.55. The van der Waals surface area contributed by atoms with Crippen molar-refractivity contribution >= 4 is 5.97 Å². The molecule has 0 fully saturated rings. The first-order valence-corrected chi connectivity index (χ1v) is 7.02. The van der Waals surface area contributed by atoms with Crippen molar-refractivity contribution in [2.24, 2.45) is 0 Å². The van der Waals surface area contributed by atoms with Gasteiger partial charge in [-0.2, -0.15) is 0 Å². The van der Waals surface area contributed by atoms with Gasteiger partial charge < -0.3 is 15.2 Å². The fourth-order valence-electron chi connectivity index (χ4n) is 2.23. The van der Waals surface area contributed by atoms with E-state index >= 15 is 0 Å². The topological polar surface area (TPSA) is 58.6 Å². The summed E-state index contributed by atoms with van der Waals surface area (Å²) in [5.74, 6) is -2.87. The molecule has 0 heterocycles. The van der Waals surface area contributed by atoms with E-state index in [2.05, 4.69) is 5.32 Å². The summed E-state index contributed by atoms with van der Waals surface area (Å²) in [5.41, 5.74) is -1.02. The number of hydrogen-bond donors (Lipinski definition) is 2. The van der Waals surface area contributed by atoms with Gasteiger partial charge in [0.2, 0.25) is 0 Å². The molecule has 0 aliphatic rings. The van der Waals surface area contributed by atoms with Gasteiger partial charge in [-0.3, -0.25) is 4.79 Å². The highest BCUT2D eigenvalue weighted by molar-refractivity contribution is 5.78. The van der Waals surface area contributed by atoms with Crippen molar-refractivity contribution in [1.29, 1.82) is 0 Å². The maximum absolute atomic E-state index is 13.4. The highest BCUT2D eigenvalue weighted by atomic mass is 19.1. The van der Waals surface area contributed by atoms with Crippen LogP contribution in [0.25, 0.3) is 0 Å². The third-order valence-electron chi connectivity index (χ3n) is 3.44. The molecule has 0 amide bonds. The summed E-state index contributed by atoms with van der Waals surface area (Å²) in [5, 5.41) is 12.3. The summed E-state index contributed by atoms with van der Waals surface area (Å²) in [6.07, 6.45) is 1.12. The van der Waals surface area contributed by atoms with Gasteiger partial charge in [-0.05, 0) is 37.9 Å². The monoisotopic (exact) mass is 301 g/mol. The number of carboxylic acid groups (broad SMARTS) is 1. The second-order valence-electron chi connectivity index (χ2n) is 4.77. The maximum Gasteiger partial charge on any atom is 0.323 e. The Labute approximate surface area is 123 Å². The molecule has 1 aromatic carbocycles. The minimum absolute atomic E-state index is 0.0538. The Morgan fingerprint density at radius 3 is 2.43 bits per heavy atom. The van der Waals surface area contributed by atoms with Crippen molar-refractivity contribution in [2.45, 2.75) is 38.6 Å². The smallest absolute Gasteiger partial charge is 0.323 e. The molecule has 21 heavy (non-hydrogen) atoms. The van der Waals surface area contributed by atoms with E-state index < -0.39 is 28.9 Å². The van der Waals surface area contributed by atoms with Crippen molar-refractivity contribution < 1.29 is 23.4 Å². The minimum Gasteiger partial charge on any atom is -0.488 e. The van der Waals surface area contributed by atoms with Crippen LogP contribution in [0.5, 0.6) is 5.75 Å². The number of para-hydroxylation sites is 1. The Hall–Kier alpha value is -1.69. The van der Waals surface area contributed by atoms with Crippen LogP contribution in [-0.4, -0.2) is 29.8 Å². The number of ether oxygens (including phenoxy) is 1. The number of halogens is 2. The number of hydrogen-bond acceptors (Lipinski definition) is 3. The number of rotatable bonds is 9. The average molecular weight is 301 g/mol. The van der Waals surface area contributed by atoms with E-state index in [1.165, 1.54) is 6.07 Å². The number of nitrogens with one attached hydrogen (secondary N) is 1. The lowest BCUT2D eigenvalue weighted by Gasteiger charge is -2.29. The Morgan fingerprint density at radius 2 is 1.95 bits per heavy atom. The average Bonchev–Trinajstić information content (AvgIpc) is 2.44. The van der Waals surface area contributed by atoms with Crippen LogP contribution >= 0.6 is 0 Å². The van der Waals surface area contributed by atoms with Crippen LogP contribution < -0.4 is 10.1 Å². The van der Waals surface area contributed by atoms with Gasteiger partial charge in [-0.1, -0.05) is 19.9 Å². The third-order valence-corrected chi connectivity index (χ3v) is 3.44. The van der Waals surface area contributed by atoms with E-state index in [-0.39, 0.29) is 6.61 Å². The van der Waals surface area contributed by atoms with Crippen molar-refractivity contribution in [3.8, 4) is 5.75 Å². The van der Waals surface area contributed by atoms with Crippen molar-refractivity contribution in [3.63, 3.8) is 0 Å². The Bertz CT molecular complexity index is 462. The van der Waals surface area contributed by atoms with Gasteiger partial charge in [0.1, 0.15) is 5.54 Å². The first-order chi connectivity index (χ1) is 9.96. The van der Waals surface area contributed by atoms with E-state index in [1.807, 2.05) is 6.92 Å². The van der Waals surface area contributed by atoms with Crippen LogP contribution in [0.15, 0.2) is 18.2 Å². The number of benzene rings is 1. The van der Waals surface area contributed by atoms with Crippen LogP contribution in [0.2, 0.25) is 0 Å². The SMILES string of the molecule is CCNC(CC)(CCCOc1c(F)cccc1F)C(=O)O. The van der Waals surface area contributed by atoms with Crippen molar-refractivity contribution in [1.82, 2.24) is 5.32 Å². The molecule has 0 aliphatic carbocycles. The molecule has 4 nitrogen and oxygen atoms in total. The highest BCUT2D eigenvalue weighted by Crippen LogP contribution is 2.22. The fraction of sp³-hybridized carbons (Fsp3) is 0.533. The lowest BCUT2D eigenvalue weighted by Crippen LogP contribution is -2.51. The largest absolute Gasteiger partial charge is 0.488 e. The fourth-order valence-corrected chi connectivity index (χ4v) is 2.23. The highest BCUT2D eigenvalue weighted by Gasteiger charge is 2.35. The predicted octanol–water partition coefficient (Wildman–Crippen LogP) is 2.97. The number of likely N-dealkylation sites (N-methyl/N-ethyl adjacent to an activating group) is 1. The first kappa shape index (κ1) is 17.4. The summed E-state index contributed by atoms with van der Waals surface area (Å²) in [4.78, 5) is 11.4. The molecule has 1 aromatic rings. The molecule has 0 saturated carbocycles. The molecular formula is C15H21F2NO3. The van der Waals surface area contributed by atoms with Gasteiger partial charge >= 0.3 is 5.97 Å². The number of carboxylic acids is 1. The maximum atomic E-state index is 13.4. The summed E-state index contributed by atoms with van der Waals surface area (Å²) in [7, 11) is 0. The van der Waals surface area contributed by atoms with Gasteiger partial charge in [-0.15, -0.1) is 0 Å². The van der Waals surface area contributed by atoms with Crippen molar-refractivity contribution in [2.75, 3.05) is 13.2 Å². The Balaban J connectivity index is 2.57. The van der Waals surface area contributed by atoms with Gasteiger partial charge in [0.25, 0.3) is 0 Å². The number of aliphatic carboxylic acids is 1. The predicted molar refractivity (Wildman–Crippen MR) is 75.4 cm³/mol. The summed E-state index contributed by atoms with van der Waals surface area (Å²) in [6.45, 7) is 4.20. The molecule has 0 aromatic heterocycles. The zero-order valence-electron chi connectivity index (χ0n) is 12.3. The molecule has 0 aliphatic heterocycles. The van der Waals surface area contributed by atoms with E-state index in [9.17, 15) is 18.7 Å². The van der Waals surface area contributed by atoms with E-state index in [4.69, 9.17) is 4.74 Å². The molecule has 0 saturated heterocycles. The molecule has 6 heteroatoms. The normalized spacial score (nSPS) is 13.7. The molecule has 1 unspecified atom stereocenters. The molecule has 1 atom stereocenters. The Morgan fingerprint density at radius 1 is 1.33 bits per heavy atom. The second kappa shape index (κ2) is 7.93. The number of carbonyl (C=O) groups is 1. The summed E-state index contributed by atoms with van der Waals surface area (Å²) < 4.78 is 31.8. The standard InChI is InChI=1S/C15H21F2NO3/c1-3-15(14(19)20,18-4-2)9-6-10-21-13-11(16)7-5-8-12(13)17/h5,7-8,18H,3-4,6,9-10H2,1-2H3,(H,19,20). The van der Waals surface area contributed by atoms with Crippen molar-refractivity contribution in [3.05, 3.63) is 29.8 Å². The molecular weight excluding hydrogens is 280 g/mol. The first-order valence-electron chi connectivity index (χ1n) is 7.02. The lowest BCUT2D eigenvalue weighted by molar-refractivity contribution is -0.145. The summed E-state index contributed by atoms with van der Waals surface area (Å²) >= 11 is 0. The van der Waals surface area contributed by atoms with Gasteiger partial charge in [0.15, 0.2) is 17.4 Å². The molecule has 2 N–H and O–H groups in total. The van der Waals surface area contributed by atoms with Crippen LogP contribution in [0.3, 0.4) is 0 Å². The van der Waals surface area contributed by atoms with Crippen LogP contribution in [0, 0.1) is 11.6 Å². The zero-order valence-corrected chi connectivity index (χ0v) is 12.3. The quantitative estimate of drug-likeness (QED) is 0.689. The van der Waals surface area contributed by atoms with Gasteiger partial charge in [-0.25, -0.2) is 8.78 Å². The third kappa shape index (κ3) is 4.39. The molecule has 0 bridgehead atoms. The molecule has 1 rings (SSSR count). The van der Waals surface area contributed by atoms with E-state index in [0.717, 1.165) is 12.1 Å². The van der Waals surface area contributed by atoms with Crippen LogP contribution in [0.1, 0.15) is 33.1 Å². The van der Waals surface area contributed by atoms with Gasteiger partial charge in [0, 0.05) is 0 Å². The molecule has 0 spiro atoms. The van der Waals surface area contributed by atoms with E-state index in [1.54, 1.807) is 6.92 Å². The molecule has 0 radical (unpaired) electrons. The minimum atomic E-state index is -1.02. The molecule has 118 valence electrons. The summed E-state index contributed by atoms with van der Waals surface area (Å²) in [6, 6.07) is 3.49. The van der Waals surface area contributed by atoms with Gasteiger partial charge in [0.05, 0.1) is 6.61 Å². The second-order valence-corrected chi connectivity index (χ2v) is 4.77. The van der Waals surface area contributed by atoms with Crippen LogP contribution in [-0.2, 0) is 4.79 Å². The van der Waals surface area contributed by atoms with E-state index in [0.29, 0.717) is 25.8 Å². The van der Waals surface area contributed by atoms with Crippen LogP contribution in [0.4, 0.5) is 8.78 Å². The lowest BCUT2D eigenvalue weighted by atomic mass is 9.90. The zero-order chi connectivity index (χ0) is 15.9.